The highest BCUT2D eigenvalue weighted by molar-refractivity contribution is 7.28. The summed E-state index contributed by atoms with van der Waals surface area (Å²) in [5.41, 5.74) is 0.608. The lowest BCUT2D eigenvalue weighted by Gasteiger charge is -2.08. The van der Waals surface area contributed by atoms with E-state index in [2.05, 4.69) is 0 Å². The molecule has 5 heteroatoms. The van der Waals surface area contributed by atoms with E-state index in [1.165, 1.54) is 11.3 Å². The summed E-state index contributed by atoms with van der Waals surface area (Å²) in [6.07, 6.45) is 0. The summed E-state index contributed by atoms with van der Waals surface area (Å²) < 4.78 is 12.7. The number of carbonyl (C=O) groups is 1. The van der Waals surface area contributed by atoms with Crippen molar-refractivity contribution in [3.05, 3.63) is 46.2 Å². The average Bonchev–Trinajstić information content (AvgIpc) is 3.06. The molecule has 0 fully saturated rings. The van der Waals surface area contributed by atoms with Crippen LogP contribution in [0.5, 0.6) is 11.5 Å². The molecule has 0 spiro atoms. The fourth-order valence-electron chi connectivity index (χ4n) is 2.00. The molecule has 0 N–H and O–H groups in total. The van der Waals surface area contributed by atoms with Crippen molar-refractivity contribution < 1.29 is 14.3 Å². The van der Waals surface area contributed by atoms with Crippen LogP contribution in [-0.4, -0.2) is 20.0 Å². The first-order valence-corrected chi connectivity index (χ1v) is 7.66. The maximum absolute atomic E-state index is 12.5. The van der Waals surface area contributed by atoms with Crippen molar-refractivity contribution in [3.63, 3.8) is 0 Å². The van der Waals surface area contributed by atoms with Gasteiger partial charge in [0.1, 0.15) is 0 Å². The molecule has 3 rings (SSSR count). The molecule has 0 atom stereocenters. The zero-order valence-corrected chi connectivity index (χ0v) is 12.6. The molecule has 0 radical (unpaired) electrons. The molecule has 0 aliphatic heterocycles. The first-order valence-electron chi connectivity index (χ1n) is 5.96. The van der Waals surface area contributed by atoms with Crippen molar-refractivity contribution in [2.24, 2.45) is 0 Å². The predicted octanol–water partition coefficient (Wildman–Crippen LogP) is 4.21. The van der Waals surface area contributed by atoms with E-state index >= 15 is 0 Å². The Hall–Kier alpha value is -1.85. The molecule has 0 unspecified atom stereocenters. The molecule has 0 bridgehead atoms. The second-order valence-electron chi connectivity index (χ2n) is 4.16. The van der Waals surface area contributed by atoms with E-state index in [9.17, 15) is 4.79 Å². The SMILES string of the molecule is COc1ccc(C(=O)c2cc3sccc3s2)cc1OC. The van der Waals surface area contributed by atoms with Gasteiger partial charge in [-0.25, -0.2) is 0 Å². The van der Waals surface area contributed by atoms with Gasteiger partial charge in [0.25, 0.3) is 0 Å². The van der Waals surface area contributed by atoms with Gasteiger partial charge in [0, 0.05) is 15.0 Å². The first kappa shape index (κ1) is 13.1. The minimum absolute atomic E-state index is 0.0133. The van der Waals surface area contributed by atoms with Gasteiger partial charge in [-0.3, -0.25) is 4.79 Å². The van der Waals surface area contributed by atoms with E-state index in [0.29, 0.717) is 17.1 Å². The van der Waals surface area contributed by atoms with E-state index < -0.39 is 0 Å². The molecule has 20 heavy (non-hydrogen) atoms. The number of methoxy groups -OCH3 is 2. The molecule has 0 aliphatic rings. The number of ketones is 1. The Kier molecular flexibility index (Phi) is 3.46. The summed E-state index contributed by atoms with van der Waals surface area (Å²) in [6.45, 7) is 0. The maximum Gasteiger partial charge on any atom is 0.203 e. The molecule has 1 aromatic carbocycles. The van der Waals surface area contributed by atoms with Gasteiger partial charge >= 0.3 is 0 Å². The minimum atomic E-state index is 0.0133. The van der Waals surface area contributed by atoms with Crippen LogP contribution in [-0.2, 0) is 0 Å². The smallest absolute Gasteiger partial charge is 0.203 e. The van der Waals surface area contributed by atoms with Gasteiger partial charge in [0.15, 0.2) is 11.5 Å². The van der Waals surface area contributed by atoms with Crippen LogP contribution in [0.4, 0.5) is 0 Å². The zero-order valence-electron chi connectivity index (χ0n) is 11.0. The van der Waals surface area contributed by atoms with Crippen LogP contribution < -0.4 is 9.47 Å². The summed E-state index contributed by atoms with van der Waals surface area (Å²) in [6, 6.07) is 9.22. The number of hydrogen-bond acceptors (Lipinski definition) is 5. The van der Waals surface area contributed by atoms with E-state index in [1.54, 1.807) is 43.8 Å². The van der Waals surface area contributed by atoms with Crippen LogP contribution in [0.15, 0.2) is 35.7 Å². The summed E-state index contributed by atoms with van der Waals surface area (Å²) >= 11 is 3.17. The topological polar surface area (TPSA) is 35.5 Å². The normalized spacial score (nSPS) is 10.7. The summed E-state index contributed by atoms with van der Waals surface area (Å²) in [5, 5.41) is 2.03. The van der Waals surface area contributed by atoms with Crippen molar-refractivity contribution in [2.45, 2.75) is 0 Å². The third-order valence-corrected chi connectivity index (χ3v) is 5.10. The van der Waals surface area contributed by atoms with Crippen LogP contribution in [0.25, 0.3) is 9.40 Å². The lowest BCUT2D eigenvalue weighted by Crippen LogP contribution is -2.00. The van der Waals surface area contributed by atoms with Gasteiger partial charge in [-0.1, -0.05) is 0 Å². The van der Waals surface area contributed by atoms with Crippen molar-refractivity contribution in [3.8, 4) is 11.5 Å². The summed E-state index contributed by atoms with van der Waals surface area (Å²) in [5.74, 6) is 1.20. The van der Waals surface area contributed by atoms with Crippen molar-refractivity contribution in [2.75, 3.05) is 14.2 Å². The number of hydrogen-bond donors (Lipinski definition) is 0. The third-order valence-electron chi connectivity index (χ3n) is 3.01. The van der Waals surface area contributed by atoms with E-state index in [-0.39, 0.29) is 5.78 Å². The number of thiophene rings is 2. The first-order chi connectivity index (χ1) is 9.72. The summed E-state index contributed by atoms with van der Waals surface area (Å²) in [4.78, 5) is 13.2. The molecule has 0 amide bonds. The fraction of sp³-hybridized carbons (Fsp3) is 0.133. The van der Waals surface area contributed by atoms with Gasteiger partial charge in [0.05, 0.1) is 19.1 Å². The molecule has 2 heterocycles. The number of carbonyl (C=O) groups excluding carboxylic acids is 1. The third kappa shape index (κ3) is 2.19. The summed E-state index contributed by atoms with van der Waals surface area (Å²) in [7, 11) is 3.14. The Morgan fingerprint density at radius 2 is 1.80 bits per heavy atom. The number of fused-ring (bicyclic) bond motifs is 1. The van der Waals surface area contributed by atoms with Gasteiger partial charge in [-0.15, -0.1) is 22.7 Å². The molecular weight excluding hydrogens is 292 g/mol. The molecule has 2 aromatic heterocycles. The monoisotopic (exact) mass is 304 g/mol. The highest BCUT2D eigenvalue weighted by atomic mass is 32.1. The number of rotatable bonds is 4. The zero-order chi connectivity index (χ0) is 14.1. The average molecular weight is 304 g/mol. The Morgan fingerprint density at radius 1 is 1.00 bits per heavy atom. The Morgan fingerprint density at radius 3 is 2.50 bits per heavy atom. The van der Waals surface area contributed by atoms with Gasteiger partial charge < -0.3 is 9.47 Å². The Labute approximate surface area is 124 Å². The van der Waals surface area contributed by atoms with E-state index in [0.717, 1.165) is 14.3 Å². The molecule has 0 saturated carbocycles. The molecule has 0 saturated heterocycles. The lowest BCUT2D eigenvalue weighted by molar-refractivity contribution is 0.104. The molecule has 0 aliphatic carbocycles. The molecule has 3 nitrogen and oxygen atoms in total. The van der Waals surface area contributed by atoms with Gasteiger partial charge in [-0.2, -0.15) is 0 Å². The standard InChI is InChI=1S/C15H12O3S2/c1-17-10-4-3-9(7-11(10)18-2)15(16)14-8-13-12(20-14)5-6-19-13/h3-8H,1-2H3. The molecular formula is C15H12O3S2. The molecule has 102 valence electrons. The van der Waals surface area contributed by atoms with Crippen LogP contribution in [0.1, 0.15) is 15.2 Å². The van der Waals surface area contributed by atoms with Crippen molar-refractivity contribution in [1.29, 1.82) is 0 Å². The second-order valence-corrected chi connectivity index (χ2v) is 6.19. The number of benzene rings is 1. The Bertz CT molecular complexity index is 742. The van der Waals surface area contributed by atoms with Crippen LogP contribution in [0, 0.1) is 0 Å². The highest BCUT2D eigenvalue weighted by Gasteiger charge is 2.15. The van der Waals surface area contributed by atoms with Crippen LogP contribution in [0.3, 0.4) is 0 Å². The van der Waals surface area contributed by atoms with E-state index in [4.69, 9.17) is 9.47 Å². The lowest BCUT2D eigenvalue weighted by atomic mass is 10.1. The Balaban J connectivity index is 1.99. The largest absolute Gasteiger partial charge is 0.493 e. The van der Waals surface area contributed by atoms with Gasteiger partial charge in [-0.05, 0) is 35.7 Å². The van der Waals surface area contributed by atoms with Gasteiger partial charge in [0.2, 0.25) is 5.78 Å². The quantitative estimate of drug-likeness (QED) is 0.677. The van der Waals surface area contributed by atoms with Crippen molar-refractivity contribution in [1.82, 2.24) is 0 Å². The number of ether oxygens (including phenoxy) is 2. The van der Waals surface area contributed by atoms with Crippen LogP contribution in [0.2, 0.25) is 0 Å². The minimum Gasteiger partial charge on any atom is -0.493 e. The predicted molar refractivity (Wildman–Crippen MR) is 82.7 cm³/mol. The molecule has 3 aromatic rings. The maximum atomic E-state index is 12.5. The fourth-order valence-corrected chi connectivity index (χ4v) is 4.07. The highest BCUT2D eigenvalue weighted by Crippen LogP contribution is 2.33. The second kappa shape index (κ2) is 5.26. The van der Waals surface area contributed by atoms with Crippen molar-refractivity contribution >= 4 is 37.9 Å². The van der Waals surface area contributed by atoms with Crippen LogP contribution >= 0.6 is 22.7 Å². The van der Waals surface area contributed by atoms with E-state index in [1.807, 2.05) is 17.5 Å².